The number of carbonyl (C=O) groups excluding carboxylic acids is 1. The second-order valence-electron chi connectivity index (χ2n) is 5.33. The summed E-state index contributed by atoms with van der Waals surface area (Å²) >= 11 is 0. The third-order valence-electron chi connectivity index (χ3n) is 3.75. The molecule has 8 nitrogen and oxygen atoms in total. The van der Waals surface area contributed by atoms with E-state index in [0.29, 0.717) is 16.8 Å². The third-order valence-corrected chi connectivity index (χ3v) is 3.75. The topological polar surface area (TPSA) is 102 Å². The van der Waals surface area contributed by atoms with E-state index in [1.807, 2.05) is 24.3 Å². The van der Waals surface area contributed by atoms with Gasteiger partial charge in [-0.15, -0.1) is 5.10 Å². The molecule has 1 unspecified atom stereocenters. The number of para-hydroxylation sites is 2. The van der Waals surface area contributed by atoms with E-state index in [-0.39, 0.29) is 11.7 Å². The monoisotopic (exact) mass is 339 g/mol. The summed E-state index contributed by atoms with van der Waals surface area (Å²) in [5.41, 5.74) is 4.35. The summed E-state index contributed by atoms with van der Waals surface area (Å²) in [5, 5.41) is 21.9. The van der Waals surface area contributed by atoms with Crippen LogP contribution in [0.1, 0.15) is 18.5 Å². The molecule has 128 valence electrons. The van der Waals surface area contributed by atoms with E-state index < -0.39 is 6.04 Å². The number of aromatic nitrogens is 3. The van der Waals surface area contributed by atoms with Gasteiger partial charge >= 0.3 is 0 Å². The van der Waals surface area contributed by atoms with E-state index >= 15 is 0 Å². The first kappa shape index (κ1) is 16.4. The molecule has 3 aromatic rings. The molecule has 8 heteroatoms. The molecule has 3 rings (SSSR count). The lowest BCUT2D eigenvalue weighted by atomic mass is 10.2. The summed E-state index contributed by atoms with van der Waals surface area (Å²) in [7, 11) is 1.46. The molecule has 0 bridgehead atoms. The van der Waals surface area contributed by atoms with E-state index in [0.717, 1.165) is 5.52 Å². The molecule has 2 aromatic carbocycles. The van der Waals surface area contributed by atoms with Gasteiger partial charge in [-0.1, -0.05) is 23.4 Å². The highest BCUT2D eigenvalue weighted by molar-refractivity contribution is 5.87. The van der Waals surface area contributed by atoms with Crippen molar-refractivity contribution in [3.8, 4) is 11.5 Å². The summed E-state index contributed by atoms with van der Waals surface area (Å²) in [6.45, 7) is 1.70. The minimum Gasteiger partial charge on any atom is -0.504 e. The van der Waals surface area contributed by atoms with Crippen molar-refractivity contribution in [2.24, 2.45) is 5.10 Å². The predicted octanol–water partition coefficient (Wildman–Crippen LogP) is 1.86. The number of phenols is 1. The van der Waals surface area contributed by atoms with Crippen molar-refractivity contribution in [1.82, 2.24) is 20.4 Å². The maximum absolute atomic E-state index is 12.3. The van der Waals surface area contributed by atoms with Crippen LogP contribution in [0.5, 0.6) is 11.5 Å². The van der Waals surface area contributed by atoms with Crippen LogP contribution in [-0.4, -0.2) is 39.3 Å². The largest absolute Gasteiger partial charge is 0.504 e. The number of benzene rings is 2. The summed E-state index contributed by atoms with van der Waals surface area (Å²) in [4.78, 5) is 12.3. The van der Waals surface area contributed by atoms with Gasteiger partial charge in [0, 0.05) is 5.56 Å². The highest BCUT2D eigenvalue weighted by Crippen LogP contribution is 2.27. The van der Waals surface area contributed by atoms with E-state index in [9.17, 15) is 9.90 Å². The van der Waals surface area contributed by atoms with E-state index in [4.69, 9.17) is 4.74 Å². The van der Waals surface area contributed by atoms with Gasteiger partial charge in [-0.25, -0.2) is 10.1 Å². The van der Waals surface area contributed by atoms with Crippen LogP contribution in [0.3, 0.4) is 0 Å². The fourth-order valence-electron chi connectivity index (χ4n) is 2.35. The van der Waals surface area contributed by atoms with Gasteiger partial charge in [0.25, 0.3) is 5.91 Å². The van der Waals surface area contributed by atoms with E-state index in [1.54, 1.807) is 25.1 Å². The molecular weight excluding hydrogens is 322 g/mol. The Morgan fingerprint density at radius 2 is 2.12 bits per heavy atom. The zero-order chi connectivity index (χ0) is 17.8. The van der Waals surface area contributed by atoms with Crippen LogP contribution in [0.25, 0.3) is 11.0 Å². The van der Waals surface area contributed by atoms with Gasteiger partial charge in [-0.05, 0) is 31.2 Å². The van der Waals surface area contributed by atoms with Crippen molar-refractivity contribution in [3.63, 3.8) is 0 Å². The number of ether oxygens (including phenoxy) is 1. The van der Waals surface area contributed by atoms with Crippen molar-refractivity contribution >= 4 is 23.2 Å². The molecule has 0 saturated heterocycles. The van der Waals surface area contributed by atoms with Gasteiger partial charge in [0.1, 0.15) is 11.6 Å². The average Bonchev–Trinajstić information content (AvgIpc) is 3.06. The van der Waals surface area contributed by atoms with Gasteiger partial charge in [0.15, 0.2) is 11.5 Å². The fourth-order valence-corrected chi connectivity index (χ4v) is 2.35. The molecule has 0 fully saturated rings. The highest BCUT2D eigenvalue weighted by atomic mass is 16.5. The first-order valence-electron chi connectivity index (χ1n) is 7.60. The number of phenolic OH excluding ortho intramolecular Hbond substituents is 1. The van der Waals surface area contributed by atoms with Gasteiger partial charge in [0.2, 0.25) is 0 Å². The number of hydrazone groups is 1. The SMILES string of the molecule is COc1cccc(/C=N/NC(=O)C(C)n2nnc3ccccc32)c1O. The lowest BCUT2D eigenvalue weighted by Gasteiger charge is -2.10. The van der Waals surface area contributed by atoms with Crippen molar-refractivity contribution < 1.29 is 14.6 Å². The van der Waals surface area contributed by atoms with Crippen molar-refractivity contribution in [1.29, 1.82) is 0 Å². The first-order chi connectivity index (χ1) is 12.1. The Hall–Kier alpha value is -3.42. The Bertz CT molecular complexity index is 935. The lowest BCUT2D eigenvalue weighted by Crippen LogP contribution is -2.28. The number of nitrogens with one attached hydrogen (secondary N) is 1. The molecule has 1 aromatic heterocycles. The zero-order valence-corrected chi connectivity index (χ0v) is 13.7. The predicted molar refractivity (Wildman–Crippen MR) is 92.6 cm³/mol. The number of hydrogen-bond acceptors (Lipinski definition) is 6. The molecule has 2 N–H and O–H groups in total. The molecule has 0 aliphatic carbocycles. The van der Waals surface area contributed by atoms with E-state index in [1.165, 1.54) is 18.0 Å². The van der Waals surface area contributed by atoms with Crippen molar-refractivity contribution in [3.05, 3.63) is 48.0 Å². The van der Waals surface area contributed by atoms with Crippen LogP contribution in [0.2, 0.25) is 0 Å². The van der Waals surface area contributed by atoms with E-state index in [2.05, 4.69) is 20.8 Å². The Morgan fingerprint density at radius 3 is 2.92 bits per heavy atom. The molecule has 1 heterocycles. The Balaban J connectivity index is 1.72. The average molecular weight is 339 g/mol. The number of fused-ring (bicyclic) bond motifs is 1. The summed E-state index contributed by atoms with van der Waals surface area (Å²) < 4.78 is 6.55. The second kappa shape index (κ2) is 7.00. The molecule has 1 atom stereocenters. The van der Waals surface area contributed by atoms with Crippen molar-refractivity contribution in [2.75, 3.05) is 7.11 Å². The summed E-state index contributed by atoms with van der Waals surface area (Å²) in [5.74, 6) is -0.0645. The fraction of sp³-hybridized carbons (Fsp3) is 0.176. The number of rotatable bonds is 5. The maximum atomic E-state index is 12.3. The Kier molecular flexibility index (Phi) is 4.60. The van der Waals surface area contributed by atoms with Crippen LogP contribution in [0, 0.1) is 0 Å². The van der Waals surface area contributed by atoms with Crippen molar-refractivity contribution in [2.45, 2.75) is 13.0 Å². The zero-order valence-electron chi connectivity index (χ0n) is 13.7. The number of aromatic hydroxyl groups is 1. The van der Waals surface area contributed by atoms with Gasteiger partial charge in [-0.3, -0.25) is 4.79 Å². The number of nitrogens with zero attached hydrogens (tertiary/aromatic N) is 4. The minimum atomic E-state index is -0.594. The molecule has 0 radical (unpaired) electrons. The lowest BCUT2D eigenvalue weighted by molar-refractivity contribution is -0.124. The first-order valence-corrected chi connectivity index (χ1v) is 7.60. The van der Waals surface area contributed by atoms with Gasteiger partial charge in [-0.2, -0.15) is 5.10 Å². The molecule has 0 saturated carbocycles. The standard InChI is InChI=1S/C17H17N5O3/c1-11(22-14-8-4-3-7-13(14)19-21-22)17(24)20-18-10-12-6-5-9-15(25-2)16(12)23/h3-11,23H,1-2H3,(H,20,24)/b18-10+. The second-order valence-corrected chi connectivity index (χ2v) is 5.33. The molecule has 1 amide bonds. The molecule has 25 heavy (non-hydrogen) atoms. The van der Waals surface area contributed by atoms with Crippen LogP contribution >= 0.6 is 0 Å². The molecule has 0 aliphatic heterocycles. The normalized spacial score (nSPS) is 12.4. The summed E-state index contributed by atoms with van der Waals surface area (Å²) in [6.07, 6.45) is 1.35. The maximum Gasteiger partial charge on any atom is 0.264 e. The van der Waals surface area contributed by atoms with Gasteiger partial charge < -0.3 is 9.84 Å². The number of amides is 1. The summed E-state index contributed by atoms with van der Waals surface area (Å²) in [6, 6.07) is 11.8. The molecule has 0 spiro atoms. The Morgan fingerprint density at radius 1 is 1.32 bits per heavy atom. The van der Waals surface area contributed by atoms with Crippen LogP contribution in [0.15, 0.2) is 47.6 Å². The minimum absolute atomic E-state index is 0.0432. The van der Waals surface area contributed by atoms with Crippen LogP contribution in [0.4, 0.5) is 0 Å². The van der Waals surface area contributed by atoms with Crippen LogP contribution < -0.4 is 10.2 Å². The van der Waals surface area contributed by atoms with Gasteiger partial charge in [0.05, 0.1) is 18.8 Å². The number of methoxy groups -OCH3 is 1. The quantitative estimate of drug-likeness (QED) is 0.546. The Labute approximate surface area is 143 Å². The smallest absolute Gasteiger partial charge is 0.264 e. The number of carbonyl (C=O) groups is 1. The van der Waals surface area contributed by atoms with Crippen LogP contribution in [-0.2, 0) is 4.79 Å². The number of hydrogen-bond donors (Lipinski definition) is 2. The molecule has 0 aliphatic rings. The highest BCUT2D eigenvalue weighted by Gasteiger charge is 2.18. The molecular formula is C17H17N5O3. The third kappa shape index (κ3) is 3.27.